The lowest BCUT2D eigenvalue weighted by molar-refractivity contribution is -0.137. The molecule has 0 atom stereocenters. The minimum absolute atomic E-state index is 0.0185. The second kappa shape index (κ2) is 12.6. The summed E-state index contributed by atoms with van der Waals surface area (Å²) in [5, 5.41) is 17.8. The molecule has 1 aliphatic carbocycles. The summed E-state index contributed by atoms with van der Waals surface area (Å²) < 4.78 is 48.1. The molecule has 2 amide bonds. The van der Waals surface area contributed by atoms with E-state index in [1.807, 2.05) is 6.08 Å². The summed E-state index contributed by atoms with van der Waals surface area (Å²) in [4.78, 5) is 48.3. The summed E-state index contributed by atoms with van der Waals surface area (Å²) >= 11 is 6.15. The van der Waals surface area contributed by atoms with Crippen LogP contribution >= 0.6 is 11.6 Å². The Bertz CT molecular complexity index is 2300. The zero-order chi connectivity index (χ0) is 35.5. The fourth-order valence-corrected chi connectivity index (χ4v) is 7.85. The number of rotatable bonds is 5. The largest absolute Gasteiger partial charge is 0.416 e. The van der Waals surface area contributed by atoms with E-state index in [2.05, 4.69) is 25.8 Å². The van der Waals surface area contributed by atoms with E-state index in [0.29, 0.717) is 92.1 Å². The maximum Gasteiger partial charge on any atom is 0.416 e. The maximum atomic E-state index is 14.5. The number of carbonyl (C=O) groups excluding carboxylic acids is 2. The average Bonchev–Trinajstić information content (AvgIpc) is 3.79. The summed E-state index contributed by atoms with van der Waals surface area (Å²) in [6, 6.07) is 7.98. The van der Waals surface area contributed by atoms with E-state index in [-0.39, 0.29) is 34.5 Å². The van der Waals surface area contributed by atoms with Crippen molar-refractivity contribution >= 4 is 51.5 Å². The number of para-hydroxylation sites is 1. The van der Waals surface area contributed by atoms with Crippen LogP contribution < -0.4 is 10.9 Å². The summed E-state index contributed by atoms with van der Waals surface area (Å²) in [5.74, 6) is -0.201. The minimum Gasteiger partial charge on any atom is -0.377 e. The molecule has 0 bridgehead atoms. The van der Waals surface area contributed by atoms with E-state index >= 15 is 0 Å². The van der Waals surface area contributed by atoms with Crippen molar-refractivity contribution in [2.24, 2.45) is 0 Å². The summed E-state index contributed by atoms with van der Waals surface area (Å²) in [6.45, 7) is 1.35. The first-order valence-electron chi connectivity index (χ1n) is 16.6. The Morgan fingerprint density at radius 1 is 1.08 bits per heavy atom. The molecule has 1 saturated heterocycles. The van der Waals surface area contributed by atoms with Crippen molar-refractivity contribution in [1.29, 1.82) is 0 Å². The fourth-order valence-electron chi connectivity index (χ4n) is 7.62. The van der Waals surface area contributed by atoms with Gasteiger partial charge in [0, 0.05) is 29.8 Å². The number of ether oxygens (including phenoxy) is 1. The molecule has 5 aromatic rings. The number of likely N-dealkylation sites (tertiary alicyclic amines) is 1. The molecule has 0 unspecified atom stereocenters. The normalized spacial score (nSPS) is 17.5. The lowest BCUT2D eigenvalue weighted by Gasteiger charge is -2.45. The highest BCUT2D eigenvalue weighted by Gasteiger charge is 2.44. The van der Waals surface area contributed by atoms with E-state index < -0.39 is 23.1 Å². The zero-order valence-corrected chi connectivity index (χ0v) is 27.9. The molecule has 0 radical (unpaired) electrons. The molecule has 17 heteroatoms. The Kier molecular flexibility index (Phi) is 8.17. The fraction of sp³-hybridized carbons (Fsp3) is 0.382. The van der Waals surface area contributed by atoms with Crippen molar-refractivity contribution in [3.8, 4) is 0 Å². The minimum atomic E-state index is -4.59. The lowest BCUT2D eigenvalue weighted by Crippen LogP contribution is -2.50. The molecule has 2 aliphatic heterocycles. The number of piperidine rings is 1. The lowest BCUT2D eigenvalue weighted by atomic mass is 9.66. The number of H-pyrrole nitrogens is 1. The van der Waals surface area contributed by atoms with Gasteiger partial charge in [-0.25, -0.2) is 0 Å². The molecule has 5 heterocycles. The third kappa shape index (κ3) is 5.85. The van der Waals surface area contributed by atoms with Gasteiger partial charge < -0.3 is 19.5 Å². The van der Waals surface area contributed by atoms with Crippen LogP contribution in [-0.4, -0.2) is 77.6 Å². The maximum absolute atomic E-state index is 14.5. The van der Waals surface area contributed by atoms with Crippen molar-refractivity contribution < 1.29 is 27.5 Å². The highest BCUT2D eigenvalue weighted by Crippen LogP contribution is 2.44. The van der Waals surface area contributed by atoms with Crippen LogP contribution in [0.5, 0.6) is 0 Å². The molecule has 1 fully saturated rings. The van der Waals surface area contributed by atoms with E-state index in [4.69, 9.17) is 21.3 Å². The number of nitrogens with one attached hydrogen (secondary N) is 2. The first kappa shape index (κ1) is 33.1. The number of benzene rings is 2. The molecule has 264 valence electrons. The number of hydrogen-bond acceptors (Lipinski definition) is 8. The van der Waals surface area contributed by atoms with Crippen molar-refractivity contribution in [2.45, 2.75) is 56.7 Å². The van der Waals surface area contributed by atoms with Gasteiger partial charge in [-0.15, -0.1) is 5.10 Å². The number of nitrogens with zero attached hydrogens (tertiary/aromatic N) is 7. The van der Waals surface area contributed by atoms with E-state index in [0.717, 1.165) is 30.2 Å². The van der Waals surface area contributed by atoms with Crippen molar-refractivity contribution in [3.05, 3.63) is 86.1 Å². The van der Waals surface area contributed by atoms with Crippen molar-refractivity contribution in [1.82, 2.24) is 39.5 Å². The molecule has 1 spiro atoms. The molecular formula is C34H31ClF3N9O4. The molecule has 2 aromatic carbocycles. The number of amides is 2. The number of alkyl halides is 3. The summed E-state index contributed by atoms with van der Waals surface area (Å²) in [7, 11) is 0. The highest BCUT2D eigenvalue weighted by atomic mass is 35.5. The van der Waals surface area contributed by atoms with Crippen LogP contribution in [-0.2, 0) is 34.1 Å². The smallest absolute Gasteiger partial charge is 0.377 e. The highest BCUT2D eigenvalue weighted by molar-refractivity contribution is 6.33. The van der Waals surface area contributed by atoms with Gasteiger partial charge in [-0.05, 0) is 74.4 Å². The predicted molar refractivity (Wildman–Crippen MR) is 179 cm³/mol. The number of aromatic amines is 1. The quantitative estimate of drug-likeness (QED) is 0.263. The molecule has 3 aliphatic rings. The van der Waals surface area contributed by atoms with Gasteiger partial charge >= 0.3 is 6.18 Å². The number of aromatic nitrogens is 7. The Morgan fingerprint density at radius 3 is 2.65 bits per heavy atom. The van der Waals surface area contributed by atoms with Gasteiger partial charge in [-0.2, -0.15) is 38.1 Å². The molecule has 3 aromatic heterocycles. The van der Waals surface area contributed by atoms with Gasteiger partial charge in [-0.3, -0.25) is 14.4 Å². The standard InChI is InChI=1S/C34H31ClF3N9O4/c35-22-17-20(34(36,37)38)6-7-23(22)39-26(48)18-46-25-5-2-10-33(27(25)31(50)47-32(46)40-29(43-47)19-8-15-51-16-9-19)11-13-45(14-12-33)30(49)21-3-1-4-24-28(21)42-44-41-24/h1,3-4,6-8,17H,2,5,9-16,18H2,(H,39,48)(H,41,42,44). The third-order valence-electron chi connectivity index (χ3n) is 10.2. The summed E-state index contributed by atoms with van der Waals surface area (Å²) in [5.41, 5.74) is 1.72. The number of hydrogen-bond donors (Lipinski definition) is 2. The van der Waals surface area contributed by atoms with Gasteiger partial charge in [0.05, 0.1) is 35.1 Å². The molecule has 13 nitrogen and oxygen atoms in total. The van der Waals surface area contributed by atoms with Crippen molar-refractivity contribution in [2.75, 3.05) is 31.6 Å². The number of halogens is 4. The second-order valence-electron chi connectivity index (χ2n) is 13.1. The first-order chi connectivity index (χ1) is 24.5. The van der Waals surface area contributed by atoms with Gasteiger partial charge in [-0.1, -0.05) is 23.7 Å². The SMILES string of the molecule is O=C(Cn1c2c(c(=O)n3nc(C4=CCOCC4)nc13)C1(CCC2)CCN(C(=O)c2cccc3n[nH]nc23)CC1)Nc1ccc(C(F)(F)F)cc1Cl. The van der Waals surface area contributed by atoms with E-state index in [9.17, 15) is 27.6 Å². The number of carbonyl (C=O) groups is 2. The molecular weight excluding hydrogens is 691 g/mol. The first-order valence-corrected chi connectivity index (χ1v) is 17.0. The average molecular weight is 722 g/mol. The van der Waals surface area contributed by atoms with Gasteiger partial charge in [0.15, 0.2) is 5.82 Å². The monoisotopic (exact) mass is 721 g/mol. The van der Waals surface area contributed by atoms with E-state index in [1.165, 1.54) is 4.52 Å². The molecule has 0 saturated carbocycles. The number of anilines is 1. The Labute approximate surface area is 292 Å². The van der Waals surface area contributed by atoms with Crippen molar-refractivity contribution in [3.63, 3.8) is 0 Å². The van der Waals surface area contributed by atoms with Gasteiger partial charge in [0.1, 0.15) is 17.6 Å². The topological polar surface area (TPSA) is 152 Å². The Morgan fingerprint density at radius 2 is 1.90 bits per heavy atom. The van der Waals surface area contributed by atoms with Crippen LogP contribution in [0.25, 0.3) is 22.4 Å². The Balaban J connectivity index is 1.15. The molecule has 8 rings (SSSR count). The predicted octanol–water partition coefficient (Wildman–Crippen LogP) is 4.79. The van der Waals surface area contributed by atoms with Crippen LogP contribution in [0.4, 0.5) is 18.9 Å². The van der Waals surface area contributed by atoms with Crippen LogP contribution in [0.3, 0.4) is 0 Å². The van der Waals surface area contributed by atoms with Crippen LogP contribution in [0.1, 0.15) is 65.1 Å². The van der Waals surface area contributed by atoms with Crippen LogP contribution in [0, 0.1) is 0 Å². The molecule has 2 N–H and O–H groups in total. The molecule has 51 heavy (non-hydrogen) atoms. The summed E-state index contributed by atoms with van der Waals surface area (Å²) in [6.07, 6.45) is 0.768. The van der Waals surface area contributed by atoms with Gasteiger partial charge in [0.2, 0.25) is 11.7 Å². The number of fused-ring (bicyclic) bond motifs is 4. The van der Waals surface area contributed by atoms with Gasteiger partial charge in [0.25, 0.3) is 11.5 Å². The van der Waals surface area contributed by atoms with Crippen LogP contribution in [0.2, 0.25) is 5.02 Å². The van der Waals surface area contributed by atoms with Crippen LogP contribution in [0.15, 0.2) is 47.3 Å². The third-order valence-corrected chi connectivity index (χ3v) is 10.5. The second-order valence-corrected chi connectivity index (χ2v) is 13.5. The Hall–Kier alpha value is -5.09. The zero-order valence-electron chi connectivity index (χ0n) is 27.1. The van der Waals surface area contributed by atoms with E-state index in [1.54, 1.807) is 27.7 Å².